The third-order valence-electron chi connectivity index (χ3n) is 2.52. The lowest BCUT2D eigenvalue weighted by Crippen LogP contribution is -2.12. The molecule has 0 unspecified atom stereocenters. The van der Waals surface area contributed by atoms with Crippen molar-refractivity contribution in [2.75, 3.05) is 5.32 Å². The van der Waals surface area contributed by atoms with Gasteiger partial charge in [-0.3, -0.25) is 14.6 Å². The van der Waals surface area contributed by atoms with Crippen molar-refractivity contribution >= 4 is 29.2 Å². The van der Waals surface area contributed by atoms with E-state index in [0.29, 0.717) is 22.0 Å². The SMILES string of the molecule is O=C(O)Cc1ccc(NC(=O)c2ccc(Cl)cc2)cn1. The van der Waals surface area contributed by atoms with Gasteiger partial charge in [0, 0.05) is 10.6 Å². The number of aromatic nitrogens is 1. The van der Waals surface area contributed by atoms with Crippen molar-refractivity contribution in [3.8, 4) is 0 Å². The smallest absolute Gasteiger partial charge is 0.309 e. The van der Waals surface area contributed by atoms with Gasteiger partial charge in [0.1, 0.15) is 0 Å². The zero-order valence-corrected chi connectivity index (χ0v) is 11.1. The largest absolute Gasteiger partial charge is 0.481 e. The van der Waals surface area contributed by atoms with Crippen LogP contribution in [-0.2, 0) is 11.2 Å². The zero-order chi connectivity index (χ0) is 14.5. The molecule has 2 N–H and O–H groups in total. The second-order valence-corrected chi connectivity index (χ2v) is 4.51. The van der Waals surface area contributed by atoms with Crippen LogP contribution >= 0.6 is 11.6 Å². The highest BCUT2D eigenvalue weighted by Gasteiger charge is 2.07. The Morgan fingerprint density at radius 2 is 1.85 bits per heavy atom. The van der Waals surface area contributed by atoms with Crippen LogP contribution in [0.15, 0.2) is 42.6 Å². The number of nitrogens with zero attached hydrogens (tertiary/aromatic N) is 1. The van der Waals surface area contributed by atoms with Gasteiger partial charge in [0.2, 0.25) is 0 Å². The second-order valence-electron chi connectivity index (χ2n) is 4.07. The average Bonchev–Trinajstić information content (AvgIpc) is 2.41. The van der Waals surface area contributed by atoms with Crippen molar-refractivity contribution in [2.45, 2.75) is 6.42 Å². The molecule has 2 aromatic rings. The van der Waals surface area contributed by atoms with Crippen molar-refractivity contribution in [1.29, 1.82) is 0 Å². The fourth-order valence-electron chi connectivity index (χ4n) is 1.56. The highest BCUT2D eigenvalue weighted by Crippen LogP contribution is 2.12. The van der Waals surface area contributed by atoms with Crippen LogP contribution < -0.4 is 5.32 Å². The zero-order valence-electron chi connectivity index (χ0n) is 10.3. The first kappa shape index (κ1) is 14.0. The number of carbonyl (C=O) groups is 2. The maximum Gasteiger partial charge on any atom is 0.309 e. The first-order valence-electron chi connectivity index (χ1n) is 5.78. The molecular weight excluding hydrogens is 280 g/mol. The Bertz CT molecular complexity index is 624. The topological polar surface area (TPSA) is 79.3 Å². The van der Waals surface area contributed by atoms with Crippen LogP contribution in [0, 0.1) is 0 Å². The van der Waals surface area contributed by atoms with E-state index in [9.17, 15) is 9.59 Å². The summed E-state index contributed by atoms with van der Waals surface area (Å²) in [5.41, 5.74) is 1.41. The van der Waals surface area contributed by atoms with Crippen LogP contribution in [-0.4, -0.2) is 22.0 Å². The van der Waals surface area contributed by atoms with E-state index in [1.165, 1.54) is 6.20 Å². The van der Waals surface area contributed by atoms with Crippen molar-refractivity contribution in [3.05, 3.63) is 58.9 Å². The van der Waals surface area contributed by atoms with E-state index in [-0.39, 0.29) is 12.3 Å². The van der Waals surface area contributed by atoms with E-state index in [4.69, 9.17) is 16.7 Å². The summed E-state index contributed by atoms with van der Waals surface area (Å²) in [4.78, 5) is 26.4. The molecule has 1 aromatic heterocycles. The minimum atomic E-state index is -0.949. The molecule has 0 spiro atoms. The van der Waals surface area contributed by atoms with E-state index >= 15 is 0 Å². The lowest BCUT2D eigenvalue weighted by atomic mass is 10.2. The van der Waals surface area contributed by atoms with Crippen LogP contribution in [0.1, 0.15) is 16.1 Å². The quantitative estimate of drug-likeness (QED) is 0.907. The fourth-order valence-corrected chi connectivity index (χ4v) is 1.69. The van der Waals surface area contributed by atoms with Crippen LogP contribution in [0.3, 0.4) is 0 Å². The summed E-state index contributed by atoms with van der Waals surface area (Å²) in [5, 5.41) is 11.9. The predicted octanol–water partition coefficient (Wildman–Crippen LogP) is 2.61. The molecule has 0 saturated carbocycles. The van der Waals surface area contributed by atoms with Gasteiger partial charge in [0.05, 0.1) is 24.0 Å². The van der Waals surface area contributed by atoms with Crippen molar-refractivity contribution in [1.82, 2.24) is 4.98 Å². The number of carboxylic acids is 1. The maximum atomic E-state index is 11.9. The van der Waals surface area contributed by atoms with Gasteiger partial charge in [-0.1, -0.05) is 11.6 Å². The molecule has 5 nitrogen and oxygen atoms in total. The molecule has 1 aromatic carbocycles. The number of nitrogens with one attached hydrogen (secondary N) is 1. The summed E-state index contributed by atoms with van der Waals surface area (Å²) in [6.45, 7) is 0. The molecule has 1 amide bonds. The van der Waals surface area contributed by atoms with Crippen molar-refractivity contribution in [3.63, 3.8) is 0 Å². The molecule has 20 heavy (non-hydrogen) atoms. The average molecular weight is 291 g/mol. The van der Waals surface area contributed by atoms with Gasteiger partial charge in [0.25, 0.3) is 5.91 Å². The maximum absolute atomic E-state index is 11.9. The number of halogens is 1. The van der Waals surface area contributed by atoms with Crippen LogP contribution in [0.25, 0.3) is 0 Å². The molecule has 1 heterocycles. The van der Waals surface area contributed by atoms with Crippen molar-refractivity contribution < 1.29 is 14.7 Å². The van der Waals surface area contributed by atoms with E-state index in [2.05, 4.69) is 10.3 Å². The van der Waals surface area contributed by atoms with Gasteiger partial charge < -0.3 is 10.4 Å². The number of amides is 1. The van der Waals surface area contributed by atoms with Gasteiger partial charge in [-0.05, 0) is 36.4 Å². The minimum Gasteiger partial charge on any atom is -0.481 e. The van der Waals surface area contributed by atoms with Crippen LogP contribution in [0.4, 0.5) is 5.69 Å². The summed E-state index contributed by atoms with van der Waals surface area (Å²) in [6, 6.07) is 9.66. The number of hydrogen-bond donors (Lipinski definition) is 2. The van der Waals surface area contributed by atoms with Gasteiger partial charge >= 0.3 is 5.97 Å². The minimum absolute atomic E-state index is 0.147. The van der Waals surface area contributed by atoms with Gasteiger partial charge in [-0.15, -0.1) is 0 Å². The Morgan fingerprint density at radius 1 is 1.15 bits per heavy atom. The summed E-state index contributed by atoms with van der Waals surface area (Å²) in [6.07, 6.45) is 1.28. The van der Waals surface area contributed by atoms with Crippen LogP contribution in [0.5, 0.6) is 0 Å². The molecule has 0 aliphatic carbocycles. The highest BCUT2D eigenvalue weighted by atomic mass is 35.5. The number of rotatable bonds is 4. The van der Waals surface area contributed by atoms with E-state index in [0.717, 1.165) is 0 Å². The molecule has 0 radical (unpaired) electrons. The number of pyridine rings is 1. The van der Waals surface area contributed by atoms with Gasteiger partial charge in [-0.2, -0.15) is 0 Å². The highest BCUT2D eigenvalue weighted by molar-refractivity contribution is 6.30. The third kappa shape index (κ3) is 3.80. The predicted molar refractivity (Wildman–Crippen MR) is 75.0 cm³/mol. The Hall–Kier alpha value is -2.40. The summed E-state index contributed by atoms with van der Waals surface area (Å²) < 4.78 is 0. The molecule has 0 aliphatic heterocycles. The van der Waals surface area contributed by atoms with E-state index in [1.54, 1.807) is 36.4 Å². The summed E-state index contributed by atoms with van der Waals surface area (Å²) in [5.74, 6) is -1.23. The normalized spacial score (nSPS) is 10.1. The molecule has 2 rings (SSSR count). The number of carboxylic acid groups (broad SMARTS) is 1. The number of aliphatic carboxylic acids is 1. The Morgan fingerprint density at radius 3 is 2.40 bits per heavy atom. The van der Waals surface area contributed by atoms with Crippen molar-refractivity contribution in [2.24, 2.45) is 0 Å². The lowest BCUT2D eigenvalue weighted by molar-refractivity contribution is -0.136. The monoisotopic (exact) mass is 290 g/mol. The standard InChI is InChI=1S/C14H11ClN2O3/c15-10-3-1-9(2-4-10)14(20)17-12-6-5-11(16-8-12)7-13(18)19/h1-6,8H,7H2,(H,17,20)(H,18,19). The molecule has 0 fully saturated rings. The molecule has 0 saturated heterocycles. The first-order chi connectivity index (χ1) is 9.54. The third-order valence-corrected chi connectivity index (χ3v) is 2.77. The van der Waals surface area contributed by atoms with E-state index < -0.39 is 5.97 Å². The first-order valence-corrected chi connectivity index (χ1v) is 6.16. The number of carbonyl (C=O) groups excluding carboxylic acids is 1. The fraction of sp³-hybridized carbons (Fsp3) is 0.0714. The second kappa shape index (κ2) is 6.16. The van der Waals surface area contributed by atoms with E-state index in [1.807, 2.05) is 0 Å². The number of hydrogen-bond acceptors (Lipinski definition) is 3. The molecule has 0 aliphatic rings. The number of anilines is 1. The number of benzene rings is 1. The van der Waals surface area contributed by atoms with Crippen LogP contribution in [0.2, 0.25) is 5.02 Å². The molecule has 0 bridgehead atoms. The Balaban J connectivity index is 2.04. The Kier molecular flexibility index (Phi) is 4.32. The molecule has 6 heteroatoms. The van der Waals surface area contributed by atoms with Gasteiger partial charge in [0.15, 0.2) is 0 Å². The molecule has 102 valence electrons. The Labute approximate surface area is 120 Å². The van der Waals surface area contributed by atoms with Gasteiger partial charge in [-0.25, -0.2) is 0 Å². The lowest BCUT2D eigenvalue weighted by Gasteiger charge is -2.05. The molecular formula is C14H11ClN2O3. The molecule has 0 atom stereocenters. The summed E-state index contributed by atoms with van der Waals surface area (Å²) in [7, 11) is 0. The summed E-state index contributed by atoms with van der Waals surface area (Å²) >= 11 is 5.75.